The molecule has 0 unspecified atom stereocenters. The number of carboxylic acids is 1. The molecule has 2 heterocycles. The van der Waals surface area contributed by atoms with Crippen molar-refractivity contribution in [1.29, 1.82) is 0 Å². The molecule has 8 nitrogen and oxygen atoms in total. The summed E-state index contributed by atoms with van der Waals surface area (Å²) in [6.07, 6.45) is 4.72. The highest BCUT2D eigenvalue weighted by Crippen LogP contribution is 2.21. The van der Waals surface area contributed by atoms with Gasteiger partial charge in [-0.2, -0.15) is 0 Å². The summed E-state index contributed by atoms with van der Waals surface area (Å²) < 4.78 is 5.40. The molecule has 1 aromatic carbocycles. The molecule has 0 aliphatic rings. The number of benzene rings is 1. The second-order valence-electron chi connectivity index (χ2n) is 4.26. The van der Waals surface area contributed by atoms with E-state index in [0.29, 0.717) is 11.4 Å². The lowest BCUT2D eigenvalue weighted by Crippen LogP contribution is -1.99. The van der Waals surface area contributed by atoms with Crippen molar-refractivity contribution in [3.05, 3.63) is 59.8 Å². The van der Waals surface area contributed by atoms with Crippen LogP contribution in [0.25, 0.3) is 0 Å². The third-order valence-electron chi connectivity index (χ3n) is 2.69. The SMILES string of the molecule is O=C(O)c1nn[nH]c1Oc1ccc(C#Cc2cnccn2)cc1. The fourth-order valence-corrected chi connectivity index (χ4v) is 1.65. The van der Waals surface area contributed by atoms with Crippen molar-refractivity contribution in [3.8, 4) is 23.5 Å². The van der Waals surface area contributed by atoms with Crippen LogP contribution in [0.15, 0.2) is 42.9 Å². The van der Waals surface area contributed by atoms with Gasteiger partial charge in [0, 0.05) is 18.0 Å². The predicted molar refractivity (Wildman–Crippen MR) is 77.9 cm³/mol. The number of nitrogens with zero attached hydrogens (tertiary/aromatic N) is 4. The Morgan fingerprint density at radius 3 is 2.70 bits per heavy atom. The van der Waals surface area contributed by atoms with Gasteiger partial charge < -0.3 is 9.84 Å². The first-order valence-electron chi connectivity index (χ1n) is 6.42. The molecule has 0 amide bonds. The lowest BCUT2D eigenvalue weighted by atomic mass is 10.2. The molecule has 0 fully saturated rings. The fourth-order valence-electron chi connectivity index (χ4n) is 1.65. The van der Waals surface area contributed by atoms with Crippen LogP contribution in [-0.4, -0.2) is 36.5 Å². The summed E-state index contributed by atoms with van der Waals surface area (Å²) in [6.45, 7) is 0. The summed E-state index contributed by atoms with van der Waals surface area (Å²) >= 11 is 0. The minimum absolute atomic E-state index is 0.0316. The van der Waals surface area contributed by atoms with Crippen LogP contribution in [0.5, 0.6) is 11.6 Å². The summed E-state index contributed by atoms with van der Waals surface area (Å²) in [5, 5.41) is 18.1. The van der Waals surface area contributed by atoms with Crippen molar-refractivity contribution in [2.75, 3.05) is 0 Å². The van der Waals surface area contributed by atoms with Crippen molar-refractivity contribution in [3.63, 3.8) is 0 Å². The van der Waals surface area contributed by atoms with Gasteiger partial charge in [0.2, 0.25) is 5.69 Å². The highest BCUT2D eigenvalue weighted by Gasteiger charge is 2.16. The van der Waals surface area contributed by atoms with Gasteiger partial charge in [-0.15, -0.1) is 5.10 Å². The molecule has 0 atom stereocenters. The van der Waals surface area contributed by atoms with E-state index in [2.05, 4.69) is 37.2 Å². The Hall–Kier alpha value is -3.73. The molecule has 0 spiro atoms. The fraction of sp³-hybridized carbons (Fsp3) is 0. The number of carbonyl (C=O) groups is 1. The summed E-state index contributed by atoms with van der Waals surface area (Å²) in [5.74, 6) is 5.00. The maximum Gasteiger partial charge on any atom is 0.362 e. The lowest BCUT2D eigenvalue weighted by Gasteiger charge is -2.02. The number of aromatic nitrogens is 5. The molecule has 0 aliphatic heterocycles. The van der Waals surface area contributed by atoms with Gasteiger partial charge in [0.05, 0.1) is 6.20 Å². The van der Waals surface area contributed by atoms with Gasteiger partial charge >= 0.3 is 5.97 Å². The molecule has 0 radical (unpaired) electrons. The van der Waals surface area contributed by atoms with Gasteiger partial charge in [-0.25, -0.2) is 14.9 Å². The molecule has 2 N–H and O–H groups in total. The molecule has 8 heteroatoms. The van der Waals surface area contributed by atoms with E-state index >= 15 is 0 Å². The maximum atomic E-state index is 10.9. The van der Waals surface area contributed by atoms with Crippen molar-refractivity contribution < 1.29 is 14.6 Å². The van der Waals surface area contributed by atoms with Gasteiger partial charge in [0.1, 0.15) is 11.4 Å². The van der Waals surface area contributed by atoms with Crippen LogP contribution in [0.4, 0.5) is 0 Å². The van der Waals surface area contributed by atoms with E-state index in [1.807, 2.05) is 0 Å². The van der Waals surface area contributed by atoms with Crippen LogP contribution in [-0.2, 0) is 0 Å². The van der Waals surface area contributed by atoms with E-state index in [1.54, 1.807) is 42.9 Å². The van der Waals surface area contributed by atoms with Gasteiger partial charge in [-0.05, 0) is 30.2 Å². The molecule has 0 saturated heterocycles. The molecule has 112 valence electrons. The lowest BCUT2D eigenvalue weighted by molar-refractivity contribution is 0.0687. The van der Waals surface area contributed by atoms with Crippen LogP contribution in [0.1, 0.15) is 21.7 Å². The minimum Gasteiger partial charge on any atom is -0.476 e. The highest BCUT2D eigenvalue weighted by molar-refractivity contribution is 5.87. The third kappa shape index (κ3) is 3.48. The molecule has 0 bridgehead atoms. The second-order valence-corrected chi connectivity index (χ2v) is 4.26. The van der Waals surface area contributed by atoms with E-state index in [-0.39, 0.29) is 11.6 Å². The number of hydrogen-bond acceptors (Lipinski definition) is 6. The average Bonchev–Trinajstić information content (AvgIpc) is 3.04. The van der Waals surface area contributed by atoms with Crippen molar-refractivity contribution >= 4 is 5.97 Å². The van der Waals surface area contributed by atoms with Crippen LogP contribution in [0.3, 0.4) is 0 Å². The smallest absolute Gasteiger partial charge is 0.362 e. The zero-order valence-corrected chi connectivity index (χ0v) is 11.6. The normalized spacial score (nSPS) is 9.74. The Labute approximate surface area is 130 Å². The van der Waals surface area contributed by atoms with E-state index in [4.69, 9.17) is 9.84 Å². The first kappa shape index (κ1) is 14.2. The molecule has 23 heavy (non-hydrogen) atoms. The maximum absolute atomic E-state index is 10.9. The number of rotatable bonds is 3. The number of ether oxygens (including phenoxy) is 1. The topological polar surface area (TPSA) is 114 Å². The Morgan fingerprint density at radius 1 is 1.17 bits per heavy atom. The average molecular weight is 307 g/mol. The number of aromatic carboxylic acids is 1. The van der Waals surface area contributed by atoms with Crippen molar-refractivity contribution in [2.45, 2.75) is 0 Å². The first-order chi connectivity index (χ1) is 11.2. The summed E-state index contributed by atoms with van der Waals surface area (Å²) in [6, 6.07) is 6.80. The Balaban J connectivity index is 1.74. The van der Waals surface area contributed by atoms with Gasteiger partial charge in [-0.3, -0.25) is 4.98 Å². The largest absolute Gasteiger partial charge is 0.476 e. The Bertz CT molecular complexity index is 879. The monoisotopic (exact) mass is 307 g/mol. The van der Waals surface area contributed by atoms with Crippen LogP contribution in [0.2, 0.25) is 0 Å². The van der Waals surface area contributed by atoms with E-state index in [1.165, 1.54) is 0 Å². The number of carboxylic acid groups (broad SMARTS) is 1. The summed E-state index contributed by atoms with van der Waals surface area (Å²) in [5.41, 5.74) is 1.04. The molecule has 2 aromatic heterocycles. The second kappa shape index (κ2) is 6.36. The highest BCUT2D eigenvalue weighted by atomic mass is 16.5. The Kier molecular flexibility index (Phi) is 3.93. The number of H-pyrrole nitrogens is 1. The molecular formula is C15H9N5O3. The molecule has 0 aliphatic carbocycles. The molecule has 3 aromatic rings. The van der Waals surface area contributed by atoms with Gasteiger partial charge in [0.25, 0.3) is 5.88 Å². The van der Waals surface area contributed by atoms with Crippen LogP contribution in [0, 0.1) is 11.8 Å². The van der Waals surface area contributed by atoms with Gasteiger partial charge in [-0.1, -0.05) is 11.1 Å². The van der Waals surface area contributed by atoms with Crippen LogP contribution < -0.4 is 4.74 Å². The predicted octanol–water partition coefficient (Wildman–Crippen LogP) is 1.48. The van der Waals surface area contributed by atoms with E-state index in [0.717, 1.165) is 5.56 Å². The van der Waals surface area contributed by atoms with E-state index < -0.39 is 5.97 Å². The van der Waals surface area contributed by atoms with Crippen LogP contribution >= 0.6 is 0 Å². The van der Waals surface area contributed by atoms with E-state index in [9.17, 15) is 4.79 Å². The third-order valence-corrected chi connectivity index (χ3v) is 2.69. The zero-order valence-electron chi connectivity index (χ0n) is 11.6. The molecular weight excluding hydrogens is 298 g/mol. The summed E-state index contributed by atoms with van der Waals surface area (Å²) in [4.78, 5) is 18.9. The van der Waals surface area contributed by atoms with Gasteiger partial charge in [0.15, 0.2) is 0 Å². The zero-order chi connectivity index (χ0) is 16.1. The first-order valence-corrected chi connectivity index (χ1v) is 6.42. The Morgan fingerprint density at radius 2 is 2.00 bits per heavy atom. The molecule has 0 saturated carbocycles. The summed E-state index contributed by atoms with van der Waals surface area (Å²) in [7, 11) is 0. The standard InChI is InChI=1S/C15H9N5O3/c21-15(22)13-14(19-20-18-13)23-12-5-2-10(3-6-12)1-4-11-9-16-7-8-17-11/h2-3,5-9H,(H,21,22)(H,18,19,20). The number of hydrogen-bond donors (Lipinski definition) is 2. The van der Waals surface area contributed by atoms with Crippen molar-refractivity contribution in [1.82, 2.24) is 25.4 Å². The number of aromatic amines is 1. The molecule has 3 rings (SSSR count). The minimum atomic E-state index is -1.22. The number of nitrogens with one attached hydrogen (secondary N) is 1. The quantitative estimate of drug-likeness (QED) is 0.704. The van der Waals surface area contributed by atoms with Crippen molar-refractivity contribution in [2.24, 2.45) is 0 Å².